The molecule has 7 nitrogen and oxygen atoms in total. The lowest BCUT2D eigenvalue weighted by Crippen LogP contribution is -2.22. The quantitative estimate of drug-likeness (QED) is 0.420. The number of amides is 1. The van der Waals surface area contributed by atoms with Crippen LogP contribution in [0.4, 0.5) is 5.69 Å². The minimum absolute atomic E-state index is 0.166. The van der Waals surface area contributed by atoms with E-state index in [1.54, 1.807) is 55.7 Å². The fourth-order valence-electron chi connectivity index (χ4n) is 2.55. The first-order valence-corrected chi connectivity index (χ1v) is 10.1. The number of para-hydroxylation sites is 1. The molecule has 0 aliphatic heterocycles. The molecule has 0 radical (unpaired) electrons. The summed E-state index contributed by atoms with van der Waals surface area (Å²) in [5.74, 6) is 1.67. The van der Waals surface area contributed by atoms with Crippen molar-refractivity contribution in [3.8, 4) is 23.0 Å². The SMILES string of the molecule is CC(Sc1nnc(-c2ccncc2)o1)C(=O)Nc1ccc(Oc2ccccc2)cc1. The Morgan fingerprint density at radius 2 is 1.67 bits per heavy atom. The van der Waals surface area contributed by atoms with Crippen LogP contribution >= 0.6 is 11.8 Å². The van der Waals surface area contributed by atoms with Crippen LogP contribution in [0.15, 0.2) is 88.8 Å². The van der Waals surface area contributed by atoms with Crippen LogP contribution in [0, 0.1) is 0 Å². The predicted octanol–water partition coefficient (Wildman–Crippen LogP) is 5.04. The molecule has 0 aliphatic rings. The summed E-state index contributed by atoms with van der Waals surface area (Å²) in [5.41, 5.74) is 1.45. The number of hydrogen-bond donors (Lipinski definition) is 1. The average molecular weight is 418 g/mol. The Morgan fingerprint density at radius 1 is 0.967 bits per heavy atom. The lowest BCUT2D eigenvalue weighted by Gasteiger charge is -2.11. The van der Waals surface area contributed by atoms with E-state index in [9.17, 15) is 4.79 Å². The van der Waals surface area contributed by atoms with E-state index in [1.807, 2.05) is 30.3 Å². The van der Waals surface area contributed by atoms with E-state index in [2.05, 4.69) is 20.5 Å². The number of carbonyl (C=O) groups excluding carboxylic acids is 1. The third-order valence-corrected chi connectivity index (χ3v) is 5.02. The molecule has 150 valence electrons. The van der Waals surface area contributed by atoms with Crippen molar-refractivity contribution >= 4 is 23.4 Å². The van der Waals surface area contributed by atoms with Crippen LogP contribution < -0.4 is 10.1 Å². The van der Waals surface area contributed by atoms with Crippen LogP contribution in [0.1, 0.15) is 6.92 Å². The number of ether oxygens (including phenoxy) is 1. The molecule has 4 rings (SSSR count). The molecule has 1 amide bonds. The van der Waals surface area contributed by atoms with E-state index >= 15 is 0 Å². The standard InChI is InChI=1S/C22H18N4O3S/c1-15(30-22-26-25-21(29-22)16-11-13-23-14-12-16)20(27)24-17-7-9-19(10-8-17)28-18-5-3-2-4-6-18/h2-15H,1H3,(H,24,27). The minimum atomic E-state index is -0.420. The molecule has 0 spiro atoms. The fraction of sp³-hybridized carbons (Fsp3) is 0.0909. The molecule has 0 saturated carbocycles. The summed E-state index contributed by atoms with van der Waals surface area (Å²) < 4.78 is 11.4. The Bertz CT molecular complexity index is 1100. The Morgan fingerprint density at radius 3 is 2.40 bits per heavy atom. The van der Waals surface area contributed by atoms with Gasteiger partial charge in [-0.2, -0.15) is 0 Å². The summed E-state index contributed by atoms with van der Waals surface area (Å²) in [6.07, 6.45) is 3.30. The molecule has 2 aromatic heterocycles. The molecule has 0 aliphatic carbocycles. The molecule has 2 aromatic carbocycles. The van der Waals surface area contributed by atoms with Gasteiger partial charge in [0.15, 0.2) is 0 Å². The molecule has 4 aromatic rings. The van der Waals surface area contributed by atoms with Crippen molar-refractivity contribution in [3.05, 3.63) is 79.1 Å². The number of aromatic nitrogens is 3. The summed E-state index contributed by atoms with van der Waals surface area (Å²) >= 11 is 1.20. The molecule has 0 saturated heterocycles. The topological polar surface area (TPSA) is 90.1 Å². The predicted molar refractivity (Wildman–Crippen MR) is 114 cm³/mol. The van der Waals surface area contributed by atoms with E-state index in [0.29, 0.717) is 22.6 Å². The van der Waals surface area contributed by atoms with Gasteiger partial charge in [0.05, 0.1) is 5.25 Å². The fourth-order valence-corrected chi connectivity index (χ4v) is 3.23. The van der Waals surface area contributed by atoms with Gasteiger partial charge < -0.3 is 14.5 Å². The molecule has 2 heterocycles. The van der Waals surface area contributed by atoms with Crippen molar-refractivity contribution in [2.24, 2.45) is 0 Å². The van der Waals surface area contributed by atoms with E-state index in [1.165, 1.54) is 11.8 Å². The number of hydrogen-bond acceptors (Lipinski definition) is 7. The van der Waals surface area contributed by atoms with E-state index in [4.69, 9.17) is 9.15 Å². The zero-order chi connectivity index (χ0) is 20.8. The van der Waals surface area contributed by atoms with Gasteiger partial charge in [-0.1, -0.05) is 30.0 Å². The molecule has 1 N–H and O–H groups in total. The highest BCUT2D eigenvalue weighted by atomic mass is 32.2. The zero-order valence-corrected chi connectivity index (χ0v) is 16.9. The molecule has 0 bridgehead atoms. The van der Waals surface area contributed by atoms with E-state index < -0.39 is 5.25 Å². The second-order valence-electron chi connectivity index (χ2n) is 6.30. The van der Waals surface area contributed by atoms with Crippen LogP contribution in [-0.4, -0.2) is 26.3 Å². The second kappa shape index (κ2) is 9.23. The molecule has 0 fully saturated rings. The minimum Gasteiger partial charge on any atom is -0.457 e. The first kappa shape index (κ1) is 19.7. The Hall–Kier alpha value is -3.65. The highest BCUT2D eigenvalue weighted by Crippen LogP contribution is 2.27. The van der Waals surface area contributed by atoms with Crippen molar-refractivity contribution in [3.63, 3.8) is 0 Å². The van der Waals surface area contributed by atoms with Gasteiger partial charge in [-0.05, 0) is 55.5 Å². The molecule has 8 heteroatoms. The van der Waals surface area contributed by atoms with Crippen LogP contribution in [0.2, 0.25) is 0 Å². The molecular weight excluding hydrogens is 400 g/mol. The monoisotopic (exact) mass is 418 g/mol. The maximum Gasteiger partial charge on any atom is 0.277 e. The lowest BCUT2D eigenvalue weighted by atomic mass is 10.3. The molecule has 1 unspecified atom stereocenters. The number of carbonyl (C=O) groups is 1. The maximum absolute atomic E-state index is 12.5. The number of anilines is 1. The van der Waals surface area contributed by atoms with Gasteiger partial charge in [-0.3, -0.25) is 9.78 Å². The van der Waals surface area contributed by atoms with Crippen molar-refractivity contribution in [2.45, 2.75) is 17.4 Å². The third kappa shape index (κ3) is 5.03. The lowest BCUT2D eigenvalue weighted by molar-refractivity contribution is -0.115. The number of thioether (sulfide) groups is 1. The Kier molecular flexibility index (Phi) is 6.05. The van der Waals surface area contributed by atoms with Gasteiger partial charge in [0, 0.05) is 23.6 Å². The van der Waals surface area contributed by atoms with Crippen molar-refractivity contribution < 1.29 is 13.9 Å². The first-order valence-electron chi connectivity index (χ1n) is 9.22. The normalized spacial score (nSPS) is 11.6. The average Bonchev–Trinajstić information content (AvgIpc) is 3.25. The van der Waals surface area contributed by atoms with Gasteiger partial charge >= 0.3 is 0 Å². The van der Waals surface area contributed by atoms with Crippen LogP contribution in [0.5, 0.6) is 11.5 Å². The van der Waals surface area contributed by atoms with E-state index in [0.717, 1.165) is 11.3 Å². The second-order valence-corrected chi connectivity index (χ2v) is 7.59. The highest BCUT2D eigenvalue weighted by Gasteiger charge is 2.19. The van der Waals surface area contributed by atoms with Crippen molar-refractivity contribution in [1.29, 1.82) is 0 Å². The number of rotatable bonds is 7. The summed E-state index contributed by atoms with van der Waals surface area (Å²) in [5, 5.41) is 10.8. The molecular formula is C22H18N4O3S. The first-order chi connectivity index (χ1) is 14.7. The van der Waals surface area contributed by atoms with Gasteiger partial charge in [0.2, 0.25) is 11.8 Å². The summed E-state index contributed by atoms with van der Waals surface area (Å²) in [6, 6.07) is 20.3. The summed E-state index contributed by atoms with van der Waals surface area (Å²) in [4.78, 5) is 16.5. The summed E-state index contributed by atoms with van der Waals surface area (Å²) in [6.45, 7) is 1.78. The number of nitrogens with one attached hydrogen (secondary N) is 1. The van der Waals surface area contributed by atoms with Crippen LogP contribution in [0.3, 0.4) is 0 Å². The van der Waals surface area contributed by atoms with Gasteiger partial charge in [0.25, 0.3) is 5.22 Å². The van der Waals surface area contributed by atoms with Gasteiger partial charge in [-0.15, -0.1) is 10.2 Å². The van der Waals surface area contributed by atoms with Crippen LogP contribution in [-0.2, 0) is 4.79 Å². The number of nitrogens with zero attached hydrogens (tertiary/aromatic N) is 3. The third-order valence-electron chi connectivity index (χ3n) is 4.08. The Balaban J connectivity index is 1.33. The summed E-state index contributed by atoms with van der Waals surface area (Å²) in [7, 11) is 0. The smallest absolute Gasteiger partial charge is 0.277 e. The van der Waals surface area contributed by atoms with Crippen molar-refractivity contribution in [1.82, 2.24) is 15.2 Å². The largest absolute Gasteiger partial charge is 0.457 e. The highest BCUT2D eigenvalue weighted by molar-refractivity contribution is 8.00. The molecule has 1 atom stereocenters. The number of benzene rings is 2. The van der Waals surface area contributed by atoms with Crippen molar-refractivity contribution in [2.75, 3.05) is 5.32 Å². The van der Waals surface area contributed by atoms with Gasteiger partial charge in [0.1, 0.15) is 11.5 Å². The molecule has 30 heavy (non-hydrogen) atoms. The van der Waals surface area contributed by atoms with E-state index in [-0.39, 0.29) is 5.91 Å². The Labute approximate surface area is 177 Å². The van der Waals surface area contributed by atoms with Crippen LogP contribution in [0.25, 0.3) is 11.5 Å². The number of pyridine rings is 1. The maximum atomic E-state index is 12.5. The zero-order valence-electron chi connectivity index (χ0n) is 16.1. The van der Waals surface area contributed by atoms with Gasteiger partial charge in [-0.25, -0.2) is 0 Å².